The molecule has 2 N–H and O–H groups in total. The van der Waals surface area contributed by atoms with Gasteiger partial charge in [-0.15, -0.1) is 0 Å². The molecule has 126 valence electrons. The molecule has 1 aromatic carbocycles. The molecule has 0 aliphatic heterocycles. The van der Waals surface area contributed by atoms with Crippen molar-refractivity contribution in [2.45, 2.75) is 19.8 Å². The summed E-state index contributed by atoms with van der Waals surface area (Å²) in [6, 6.07) is 10.3. The lowest BCUT2D eigenvalue weighted by atomic mass is 10.2. The minimum atomic E-state index is -0.461. The quantitative estimate of drug-likeness (QED) is 0.622. The number of nitrogens with zero attached hydrogens (tertiary/aromatic N) is 1. The monoisotopic (exact) mass is 347 g/mol. The zero-order valence-electron chi connectivity index (χ0n) is 13.2. The van der Waals surface area contributed by atoms with Crippen molar-refractivity contribution in [1.82, 2.24) is 15.8 Å². The number of pyridine rings is 1. The minimum Gasteiger partial charge on any atom is -0.493 e. The number of carbonyl (C=O) groups excluding carboxylic acids is 2. The number of hydrazine groups is 1. The third-order valence-corrected chi connectivity index (χ3v) is 3.39. The summed E-state index contributed by atoms with van der Waals surface area (Å²) in [7, 11) is 0. The SMILES string of the molecule is Cc1cc(Cl)ccc1OCCCC(=O)NNC(=O)c1ccccn1. The number of aromatic nitrogens is 1. The first-order valence-corrected chi connectivity index (χ1v) is 7.83. The van der Waals surface area contributed by atoms with Gasteiger partial charge in [0, 0.05) is 17.6 Å². The van der Waals surface area contributed by atoms with Crippen molar-refractivity contribution < 1.29 is 14.3 Å². The van der Waals surface area contributed by atoms with Crippen LogP contribution in [-0.2, 0) is 4.79 Å². The van der Waals surface area contributed by atoms with Gasteiger partial charge in [0.1, 0.15) is 11.4 Å². The van der Waals surface area contributed by atoms with Crippen LogP contribution in [0.5, 0.6) is 5.75 Å². The van der Waals surface area contributed by atoms with Crippen LogP contribution in [0, 0.1) is 6.92 Å². The number of hydrogen-bond donors (Lipinski definition) is 2. The largest absolute Gasteiger partial charge is 0.493 e. The van der Waals surface area contributed by atoms with Crippen molar-refractivity contribution in [2.75, 3.05) is 6.61 Å². The summed E-state index contributed by atoms with van der Waals surface area (Å²) < 4.78 is 5.60. The topological polar surface area (TPSA) is 80.3 Å². The number of benzene rings is 1. The fourth-order valence-electron chi connectivity index (χ4n) is 1.94. The average Bonchev–Trinajstić information content (AvgIpc) is 2.59. The molecular formula is C17H18ClN3O3. The Labute approximate surface area is 145 Å². The van der Waals surface area contributed by atoms with Crippen molar-refractivity contribution in [3.8, 4) is 5.75 Å². The van der Waals surface area contributed by atoms with E-state index in [-0.39, 0.29) is 18.0 Å². The van der Waals surface area contributed by atoms with Crippen LogP contribution in [0.4, 0.5) is 0 Å². The Morgan fingerprint density at radius 3 is 2.75 bits per heavy atom. The van der Waals surface area contributed by atoms with Crippen molar-refractivity contribution in [3.63, 3.8) is 0 Å². The highest BCUT2D eigenvalue weighted by molar-refractivity contribution is 6.30. The molecule has 1 aromatic heterocycles. The second kappa shape index (κ2) is 8.88. The van der Waals surface area contributed by atoms with E-state index in [1.165, 1.54) is 6.20 Å². The lowest BCUT2D eigenvalue weighted by molar-refractivity contribution is -0.122. The highest BCUT2D eigenvalue weighted by atomic mass is 35.5. The summed E-state index contributed by atoms with van der Waals surface area (Å²) in [5, 5.41) is 0.655. The van der Waals surface area contributed by atoms with Crippen LogP contribution in [0.1, 0.15) is 28.9 Å². The van der Waals surface area contributed by atoms with E-state index in [1.807, 2.05) is 13.0 Å². The molecule has 2 rings (SSSR count). The number of amides is 2. The van der Waals surface area contributed by atoms with Crippen LogP contribution in [0.2, 0.25) is 5.02 Å². The lowest BCUT2D eigenvalue weighted by Crippen LogP contribution is -2.41. The van der Waals surface area contributed by atoms with Gasteiger partial charge in [-0.2, -0.15) is 0 Å². The molecular weight excluding hydrogens is 330 g/mol. The van der Waals surface area contributed by atoms with E-state index in [2.05, 4.69) is 15.8 Å². The highest BCUT2D eigenvalue weighted by Crippen LogP contribution is 2.21. The Balaban J connectivity index is 1.65. The summed E-state index contributed by atoms with van der Waals surface area (Å²) >= 11 is 5.88. The maximum absolute atomic E-state index is 11.7. The lowest BCUT2D eigenvalue weighted by Gasteiger charge is -2.10. The second-order valence-corrected chi connectivity index (χ2v) is 5.52. The van der Waals surface area contributed by atoms with Gasteiger partial charge in [0.15, 0.2) is 0 Å². The number of carbonyl (C=O) groups is 2. The highest BCUT2D eigenvalue weighted by Gasteiger charge is 2.08. The van der Waals surface area contributed by atoms with Crippen LogP contribution in [-0.4, -0.2) is 23.4 Å². The van der Waals surface area contributed by atoms with Gasteiger partial charge in [-0.05, 0) is 49.2 Å². The van der Waals surface area contributed by atoms with E-state index < -0.39 is 5.91 Å². The number of ether oxygens (including phenoxy) is 1. The fourth-order valence-corrected chi connectivity index (χ4v) is 2.17. The predicted octanol–water partition coefficient (Wildman–Crippen LogP) is 2.66. The van der Waals surface area contributed by atoms with Gasteiger partial charge in [-0.25, -0.2) is 0 Å². The molecule has 0 aliphatic rings. The number of aryl methyl sites for hydroxylation is 1. The van der Waals surface area contributed by atoms with Crippen LogP contribution in [0.15, 0.2) is 42.6 Å². The van der Waals surface area contributed by atoms with Crippen LogP contribution < -0.4 is 15.6 Å². The maximum atomic E-state index is 11.7. The zero-order chi connectivity index (χ0) is 17.4. The third kappa shape index (κ3) is 5.55. The summed E-state index contributed by atoms with van der Waals surface area (Å²) in [5.74, 6) is -0.0176. The van der Waals surface area contributed by atoms with E-state index in [0.717, 1.165) is 11.3 Å². The van der Waals surface area contributed by atoms with Crippen molar-refractivity contribution >= 4 is 23.4 Å². The second-order valence-electron chi connectivity index (χ2n) is 5.08. The number of hydrogen-bond acceptors (Lipinski definition) is 4. The van der Waals surface area contributed by atoms with Crippen LogP contribution >= 0.6 is 11.6 Å². The summed E-state index contributed by atoms with van der Waals surface area (Å²) in [4.78, 5) is 27.3. The van der Waals surface area contributed by atoms with Gasteiger partial charge in [0.05, 0.1) is 6.61 Å². The molecule has 0 fully saturated rings. The minimum absolute atomic E-state index is 0.231. The van der Waals surface area contributed by atoms with Crippen molar-refractivity contribution in [3.05, 3.63) is 58.9 Å². The van der Waals surface area contributed by atoms with Gasteiger partial charge in [-0.3, -0.25) is 25.4 Å². The number of halogens is 1. The van der Waals surface area contributed by atoms with Crippen LogP contribution in [0.3, 0.4) is 0 Å². The maximum Gasteiger partial charge on any atom is 0.288 e. The average molecular weight is 348 g/mol. The molecule has 7 heteroatoms. The first-order valence-electron chi connectivity index (χ1n) is 7.45. The molecule has 0 aliphatic carbocycles. The van der Waals surface area contributed by atoms with E-state index in [0.29, 0.717) is 18.1 Å². The zero-order valence-corrected chi connectivity index (χ0v) is 14.0. The molecule has 0 saturated carbocycles. The van der Waals surface area contributed by atoms with E-state index in [1.54, 1.807) is 30.3 Å². The first kappa shape index (κ1) is 17.7. The molecule has 2 amide bonds. The molecule has 2 aromatic rings. The first-order chi connectivity index (χ1) is 11.6. The standard InChI is InChI=1S/C17H18ClN3O3/c1-12-11-13(18)7-8-15(12)24-10-4-6-16(22)20-21-17(23)14-5-2-3-9-19-14/h2-3,5,7-9,11H,4,6,10H2,1H3,(H,20,22)(H,21,23). The van der Waals surface area contributed by atoms with Gasteiger partial charge in [0.25, 0.3) is 5.91 Å². The van der Waals surface area contributed by atoms with Gasteiger partial charge in [0.2, 0.25) is 5.91 Å². The Morgan fingerprint density at radius 1 is 1.21 bits per heavy atom. The van der Waals surface area contributed by atoms with Crippen molar-refractivity contribution in [2.24, 2.45) is 0 Å². The van der Waals surface area contributed by atoms with Gasteiger partial charge in [-0.1, -0.05) is 17.7 Å². The Hall–Kier alpha value is -2.60. The molecule has 1 heterocycles. The smallest absolute Gasteiger partial charge is 0.288 e. The Bertz CT molecular complexity index is 707. The number of rotatable bonds is 6. The normalized spacial score (nSPS) is 10.1. The molecule has 24 heavy (non-hydrogen) atoms. The summed E-state index contributed by atoms with van der Waals surface area (Å²) in [5.41, 5.74) is 5.84. The predicted molar refractivity (Wildman–Crippen MR) is 90.8 cm³/mol. The number of nitrogens with one attached hydrogen (secondary N) is 2. The van der Waals surface area contributed by atoms with Gasteiger partial charge >= 0.3 is 0 Å². The summed E-state index contributed by atoms with van der Waals surface area (Å²) in [6.07, 6.45) is 2.26. The van der Waals surface area contributed by atoms with Crippen molar-refractivity contribution in [1.29, 1.82) is 0 Å². The van der Waals surface area contributed by atoms with E-state index in [4.69, 9.17) is 16.3 Å². The Kier molecular flexibility index (Phi) is 6.57. The molecule has 0 atom stereocenters. The molecule has 6 nitrogen and oxygen atoms in total. The Morgan fingerprint density at radius 2 is 2.04 bits per heavy atom. The molecule has 0 bridgehead atoms. The van der Waals surface area contributed by atoms with E-state index >= 15 is 0 Å². The molecule has 0 unspecified atom stereocenters. The fraction of sp³-hybridized carbons (Fsp3) is 0.235. The molecule has 0 spiro atoms. The van der Waals surface area contributed by atoms with Crippen LogP contribution in [0.25, 0.3) is 0 Å². The molecule has 0 radical (unpaired) electrons. The van der Waals surface area contributed by atoms with Gasteiger partial charge < -0.3 is 4.74 Å². The summed E-state index contributed by atoms with van der Waals surface area (Å²) in [6.45, 7) is 2.30. The van der Waals surface area contributed by atoms with E-state index in [9.17, 15) is 9.59 Å². The molecule has 0 saturated heterocycles. The third-order valence-electron chi connectivity index (χ3n) is 3.16.